The Morgan fingerprint density at radius 3 is 2.77 bits per heavy atom. The Morgan fingerprint density at radius 1 is 1.45 bits per heavy atom. The highest BCUT2D eigenvalue weighted by Crippen LogP contribution is 2.59. The Hall–Kier alpha value is -0.940. The summed E-state index contributed by atoms with van der Waals surface area (Å²) in [6.07, 6.45) is 6.62. The largest absolute Gasteiger partial charge is 0.393 e. The normalized spacial score (nSPS) is 37.8. The summed E-state index contributed by atoms with van der Waals surface area (Å²) in [6, 6.07) is 0. The van der Waals surface area contributed by atoms with Gasteiger partial charge in [-0.05, 0) is 50.0 Å². The molecule has 0 saturated heterocycles. The minimum atomic E-state index is -1.56. The van der Waals surface area contributed by atoms with Crippen LogP contribution in [0.15, 0.2) is 12.2 Å². The summed E-state index contributed by atoms with van der Waals surface area (Å²) in [7, 11) is 2.89. The first kappa shape index (κ1) is 17.4. The second-order valence-corrected chi connectivity index (χ2v) is 7.20. The number of allylic oxidation sites excluding steroid dienone is 1. The van der Waals surface area contributed by atoms with Crippen molar-refractivity contribution in [3.05, 3.63) is 12.2 Å². The fourth-order valence-electron chi connectivity index (χ4n) is 4.62. The fourth-order valence-corrected chi connectivity index (χ4v) is 4.62. The van der Waals surface area contributed by atoms with Crippen molar-refractivity contribution in [3.8, 4) is 0 Å². The van der Waals surface area contributed by atoms with Crippen LogP contribution in [-0.2, 0) is 9.63 Å². The molecule has 0 aliphatic heterocycles. The third-order valence-corrected chi connectivity index (χ3v) is 5.91. The van der Waals surface area contributed by atoms with Gasteiger partial charge in [-0.25, -0.2) is 9.45 Å². The van der Waals surface area contributed by atoms with Crippen molar-refractivity contribution >= 4 is 5.91 Å². The lowest BCUT2D eigenvalue weighted by molar-refractivity contribution is -0.162. The van der Waals surface area contributed by atoms with Crippen LogP contribution < -0.4 is 0 Å². The predicted octanol–water partition coefficient (Wildman–Crippen LogP) is 2.87. The Kier molecular flexibility index (Phi) is 4.97. The average Bonchev–Trinajstić information content (AvgIpc) is 2.83. The molecule has 5 atom stereocenters. The number of nitrogens with zero attached hydrogens (tertiary/aromatic N) is 1. The van der Waals surface area contributed by atoms with E-state index in [-0.39, 0.29) is 29.3 Å². The lowest BCUT2D eigenvalue weighted by atomic mass is 9.61. The molecule has 1 amide bonds. The van der Waals surface area contributed by atoms with Crippen LogP contribution in [0.4, 0.5) is 4.39 Å². The predicted molar refractivity (Wildman–Crippen MR) is 82.6 cm³/mol. The zero-order valence-electron chi connectivity index (χ0n) is 14.0. The molecular formula is C17H28FNO3. The van der Waals surface area contributed by atoms with Crippen LogP contribution in [0.3, 0.4) is 0 Å². The first-order valence-corrected chi connectivity index (χ1v) is 8.10. The molecule has 5 unspecified atom stereocenters. The maximum Gasteiger partial charge on any atom is 0.269 e. The molecule has 2 aliphatic carbocycles. The van der Waals surface area contributed by atoms with E-state index in [0.29, 0.717) is 0 Å². The van der Waals surface area contributed by atoms with Crippen LogP contribution in [0, 0.1) is 17.3 Å². The summed E-state index contributed by atoms with van der Waals surface area (Å²) < 4.78 is 15.3. The van der Waals surface area contributed by atoms with Crippen molar-refractivity contribution in [2.45, 2.75) is 57.7 Å². The third kappa shape index (κ3) is 3.06. The maximum atomic E-state index is 15.3. The molecule has 22 heavy (non-hydrogen) atoms. The number of hydrogen-bond donors (Lipinski definition) is 1. The standard InChI is InChI=1S/C17H28FNO3/c1-16-10-5-6-13(20)12(16)7-8-14(16)17(2,18)11-9-15(21)19(3)22-4/h9,11-14,20H,5-8,10H2,1-4H3. The molecule has 0 spiro atoms. The van der Waals surface area contributed by atoms with Crippen molar-refractivity contribution in [1.82, 2.24) is 5.06 Å². The van der Waals surface area contributed by atoms with Gasteiger partial charge in [0.25, 0.3) is 5.91 Å². The number of likely N-dealkylation sites (N-methyl/N-ethyl adjacent to an activating group) is 1. The van der Waals surface area contributed by atoms with E-state index in [4.69, 9.17) is 4.84 Å². The van der Waals surface area contributed by atoms with Gasteiger partial charge in [0, 0.05) is 19.0 Å². The molecule has 0 aromatic heterocycles. The second kappa shape index (κ2) is 6.28. The van der Waals surface area contributed by atoms with Crippen LogP contribution in [0.2, 0.25) is 0 Å². The number of rotatable bonds is 4. The summed E-state index contributed by atoms with van der Waals surface area (Å²) in [5.41, 5.74) is -1.76. The van der Waals surface area contributed by atoms with E-state index in [1.54, 1.807) is 6.92 Å². The Balaban J connectivity index is 2.16. The summed E-state index contributed by atoms with van der Waals surface area (Å²) in [4.78, 5) is 16.6. The van der Waals surface area contributed by atoms with Crippen LogP contribution in [0.5, 0.6) is 0 Å². The zero-order valence-corrected chi connectivity index (χ0v) is 14.0. The number of aliphatic hydroxyl groups is 1. The quantitative estimate of drug-likeness (QED) is 0.641. The minimum Gasteiger partial charge on any atom is -0.393 e. The van der Waals surface area contributed by atoms with Gasteiger partial charge in [0.05, 0.1) is 13.2 Å². The highest BCUT2D eigenvalue weighted by Gasteiger charge is 2.56. The lowest BCUT2D eigenvalue weighted by Crippen LogP contribution is -2.45. The van der Waals surface area contributed by atoms with Gasteiger partial charge in [-0.15, -0.1) is 0 Å². The molecular weight excluding hydrogens is 285 g/mol. The first-order valence-electron chi connectivity index (χ1n) is 8.10. The van der Waals surface area contributed by atoms with Gasteiger partial charge >= 0.3 is 0 Å². The van der Waals surface area contributed by atoms with Crippen molar-refractivity contribution in [2.24, 2.45) is 17.3 Å². The van der Waals surface area contributed by atoms with Crippen molar-refractivity contribution in [1.29, 1.82) is 0 Å². The van der Waals surface area contributed by atoms with E-state index < -0.39 is 5.67 Å². The number of hydroxylamine groups is 2. The van der Waals surface area contributed by atoms with Crippen molar-refractivity contribution < 1.29 is 19.1 Å². The number of carbonyl (C=O) groups excluding carboxylic acids is 1. The molecule has 0 aromatic rings. The van der Waals surface area contributed by atoms with E-state index in [1.807, 2.05) is 0 Å². The maximum absolute atomic E-state index is 15.3. The summed E-state index contributed by atoms with van der Waals surface area (Å²) in [5.74, 6) is -0.376. The van der Waals surface area contributed by atoms with Crippen LogP contribution >= 0.6 is 0 Å². The molecule has 4 nitrogen and oxygen atoms in total. The number of amides is 1. The minimum absolute atomic E-state index is 0.170. The Morgan fingerprint density at radius 2 is 2.14 bits per heavy atom. The van der Waals surface area contributed by atoms with Gasteiger partial charge in [-0.1, -0.05) is 13.3 Å². The molecule has 1 N–H and O–H groups in total. The van der Waals surface area contributed by atoms with E-state index in [0.717, 1.165) is 37.2 Å². The average molecular weight is 313 g/mol. The molecule has 2 fully saturated rings. The highest BCUT2D eigenvalue weighted by atomic mass is 19.1. The lowest BCUT2D eigenvalue weighted by Gasteiger charge is -2.46. The number of alkyl halides is 1. The van der Waals surface area contributed by atoms with Gasteiger partial charge in [-0.3, -0.25) is 9.63 Å². The monoisotopic (exact) mass is 313 g/mol. The number of aliphatic hydroxyl groups excluding tert-OH is 1. The zero-order chi connectivity index (χ0) is 16.5. The molecule has 2 saturated carbocycles. The second-order valence-electron chi connectivity index (χ2n) is 7.20. The fraction of sp³-hybridized carbons (Fsp3) is 0.824. The van der Waals surface area contributed by atoms with E-state index in [1.165, 1.54) is 26.3 Å². The van der Waals surface area contributed by atoms with E-state index in [9.17, 15) is 9.90 Å². The molecule has 5 heteroatoms. The highest BCUT2D eigenvalue weighted by molar-refractivity contribution is 5.86. The number of carbonyl (C=O) groups is 1. The Labute approximate surface area is 132 Å². The van der Waals surface area contributed by atoms with Crippen molar-refractivity contribution in [3.63, 3.8) is 0 Å². The summed E-state index contributed by atoms with van der Waals surface area (Å²) in [5, 5.41) is 11.3. The number of halogens is 1. The van der Waals surface area contributed by atoms with Gasteiger partial charge in [-0.2, -0.15) is 0 Å². The molecule has 2 rings (SSSR count). The first-order chi connectivity index (χ1) is 10.2. The molecule has 0 bridgehead atoms. The SMILES string of the molecule is CON(C)C(=O)C=CC(C)(F)C1CCC2C(O)CCCC21C. The molecule has 0 aromatic carbocycles. The van der Waals surface area contributed by atoms with Gasteiger partial charge < -0.3 is 5.11 Å². The smallest absolute Gasteiger partial charge is 0.269 e. The molecule has 0 heterocycles. The summed E-state index contributed by atoms with van der Waals surface area (Å²) in [6.45, 7) is 3.65. The van der Waals surface area contributed by atoms with Gasteiger partial charge in [0.15, 0.2) is 0 Å². The number of hydrogen-bond acceptors (Lipinski definition) is 3. The van der Waals surface area contributed by atoms with E-state index >= 15 is 4.39 Å². The van der Waals surface area contributed by atoms with Crippen molar-refractivity contribution in [2.75, 3.05) is 14.2 Å². The molecule has 126 valence electrons. The van der Waals surface area contributed by atoms with E-state index in [2.05, 4.69) is 6.92 Å². The topological polar surface area (TPSA) is 49.8 Å². The van der Waals surface area contributed by atoms with Crippen LogP contribution in [0.25, 0.3) is 0 Å². The molecule has 2 aliphatic rings. The third-order valence-electron chi connectivity index (χ3n) is 5.91. The van der Waals surface area contributed by atoms with Crippen LogP contribution in [-0.4, -0.2) is 42.0 Å². The molecule has 0 radical (unpaired) electrons. The summed E-state index contributed by atoms with van der Waals surface area (Å²) >= 11 is 0. The van der Waals surface area contributed by atoms with Crippen LogP contribution in [0.1, 0.15) is 46.0 Å². The number of fused-ring (bicyclic) bond motifs is 1. The Bertz CT molecular complexity index is 451. The van der Waals surface area contributed by atoms with Gasteiger partial charge in [0.2, 0.25) is 0 Å². The van der Waals surface area contributed by atoms with Gasteiger partial charge in [0.1, 0.15) is 5.67 Å².